The van der Waals surface area contributed by atoms with Gasteiger partial charge in [0.05, 0.1) is 0 Å². The number of phenolic OH excluding ortho intramolecular Hbond substituents is 8. The largest absolute Gasteiger partial charge is 0.507 e. The highest BCUT2D eigenvalue weighted by atomic mass is 16.3. The molecule has 16 aromatic carbocycles. The van der Waals surface area contributed by atoms with E-state index in [4.69, 9.17) is 0 Å². The van der Waals surface area contributed by atoms with E-state index < -0.39 is 0 Å². The zero-order chi connectivity index (χ0) is 87.7. The number of phenols is 8. The topological polar surface area (TPSA) is 162 Å². The summed E-state index contributed by atoms with van der Waals surface area (Å²) in [6.07, 6.45) is 12.1. The third-order valence-electron chi connectivity index (χ3n) is 26.0. The highest BCUT2D eigenvalue weighted by molar-refractivity contribution is 5.61. The van der Waals surface area contributed by atoms with Crippen molar-refractivity contribution in [2.24, 2.45) is 0 Å². The lowest BCUT2D eigenvalue weighted by Crippen LogP contribution is -2.05. The van der Waals surface area contributed by atoms with E-state index >= 15 is 0 Å². The molecule has 8 heteroatoms. The Kier molecular flexibility index (Phi) is 27.5. The number of aryl methyl sites for hydroxylation is 16. The van der Waals surface area contributed by atoms with Crippen LogP contribution >= 0.6 is 0 Å². The van der Waals surface area contributed by atoms with E-state index in [1.165, 1.54) is 44.5 Å². The van der Waals surface area contributed by atoms with Crippen LogP contribution in [-0.4, -0.2) is 40.9 Å². The molecular formula is C120H112O8. The predicted molar refractivity (Wildman–Crippen MR) is 518 cm³/mol. The third-order valence-corrected chi connectivity index (χ3v) is 26.0. The molecule has 0 unspecified atom stereocenters. The molecule has 640 valence electrons. The number of rotatable bonds is 24. The Morgan fingerprint density at radius 3 is 0.273 bits per heavy atom. The van der Waals surface area contributed by atoms with Crippen LogP contribution < -0.4 is 0 Å². The van der Waals surface area contributed by atoms with E-state index in [0.29, 0.717) is 140 Å². The van der Waals surface area contributed by atoms with E-state index in [0.717, 1.165) is 95.9 Å². The Balaban J connectivity index is 0.863. The molecule has 0 radical (unpaired) electrons. The van der Waals surface area contributed by atoms with Gasteiger partial charge in [-0.1, -0.05) is 340 Å². The summed E-state index contributed by atoms with van der Waals surface area (Å²) < 4.78 is 0. The number of hydrogen-bond donors (Lipinski definition) is 8. The molecule has 0 saturated heterocycles. The lowest BCUT2D eigenvalue weighted by atomic mass is 9.87. The maximum Gasteiger partial charge on any atom is 0.122 e. The van der Waals surface area contributed by atoms with Gasteiger partial charge in [0.25, 0.3) is 0 Å². The van der Waals surface area contributed by atoms with E-state index in [1.807, 2.05) is 48.5 Å². The number of aromatic hydroxyl groups is 8. The van der Waals surface area contributed by atoms with Gasteiger partial charge in [-0.05, 0) is 281 Å². The SMILES string of the molecule is Oc1c2cc(CCc3ccccc3)cc1Cc1cc(CCc3ccccc3)cc(c1O)Cc1cc(CCc3ccccc3)cc(c1O)Cc1cc(CCc3ccccc3)cc(c1O)Cc1cc(CCc3ccccc3)cc(c1O)Cc1cc(CCc3ccccc3)cc(c1O)Cc1cc(CCc3ccccc3)cc(c1O)Cc1cc(CCc3ccccc3)cc(c1O)C2. The molecule has 8 nitrogen and oxygen atoms in total. The van der Waals surface area contributed by atoms with E-state index in [-0.39, 0.29) is 97.4 Å². The van der Waals surface area contributed by atoms with Crippen LogP contribution in [0.15, 0.2) is 340 Å². The fraction of sp³-hybridized carbons (Fsp3) is 0.200. The van der Waals surface area contributed by atoms with Crippen LogP contribution in [0.5, 0.6) is 46.0 Å². The van der Waals surface area contributed by atoms with Crippen LogP contribution in [-0.2, 0) is 154 Å². The Morgan fingerprint density at radius 1 is 0.109 bits per heavy atom. The van der Waals surface area contributed by atoms with Gasteiger partial charge in [-0.15, -0.1) is 0 Å². The van der Waals surface area contributed by atoms with Crippen molar-refractivity contribution in [2.75, 3.05) is 0 Å². The first-order valence-corrected chi connectivity index (χ1v) is 45.6. The van der Waals surface area contributed by atoms with Crippen molar-refractivity contribution in [2.45, 2.75) is 154 Å². The Morgan fingerprint density at radius 2 is 0.188 bits per heavy atom. The molecule has 0 aliphatic heterocycles. The minimum absolute atomic E-state index is 0.0622. The van der Waals surface area contributed by atoms with Gasteiger partial charge in [-0.3, -0.25) is 0 Å². The van der Waals surface area contributed by atoms with Crippen LogP contribution in [0.3, 0.4) is 0 Å². The first kappa shape index (κ1) is 86.1. The van der Waals surface area contributed by atoms with Crippen LogP contribution in [0.1, 0.15) is 178 Å². The lowest BCUT2D eigenvalue weighted by Gasteiger charge is -2.20. The second-order valence-corrected chi connectivity index (χ2v) is 35.4. The van der Waals surface area contributed by atoms with Gasteiger partial charge < -0.3 is 40.9 Å². The van der Waals surface area contributed by atoms with E-state index in [9.17, 15) is 40.9 Å². The molecule has 16 bridgehead atoms. The quantitative estimate of drug-likeness (QED) is 0.0297. The summed E-state index contributed by atoms with van der Waals surface area (Å²) in [5, 5.41) is 107. The molecule has 0 heterocycles. The molecule has 8 N–H and O–H groups in total. The minimum atomic E-state index is 0.0622. The summed E-state index contributed by atoms with van der Waals surface area (Å²) in [6, 6.07) is 116. The van der Waals surface area contributed by atoms with E-state index in [2.05, 4.69) is 291 Å². The Hall–Kier alpha value is -14.1. The van der Waals surface area contributed by atoms with Gasteiger partial charge in [-0.2, -0.15) is 0 Å². The molecule has 0 aromatic heterocycles. The van der Waals surface area contributed by atoms with Crippen molar-refractivity contribution in [1.29, 1.82) is 0 Å². The van der Waals surface area contributed by atoms with Crippen molar-refractivity contribution < 1.29 is 40.9 Å². The van der Waals surface area contributed by atoms with Crippen LogP contribution in [0.4, 0.5) is 0 Å². The standard InChI is InChI=1S/C120H112O8/c121-113-97-57-89(49-41-81-25-9-1-10-26-81)58-98(113)74-100-60-91(51-43-83-29-13-3-14-30-83)62-102(115(100)123)76-104-64-93(53-45-85-33-17-5-18-34-85)66-106(117(104)125)78-108-68-95(55-47-87-37-21-7-22-38-87)70-110(119(108)127)80-112-72-96(56-48-88-39-23-8-24-40-88)71-111(120(112)128)79-109-69-94(54-46-86-35-19-6-20-36-86)67-107(118(109)126)77-105-65-92(52-44-84-31-15-4-16-32-84)63-103(116(105)124)75-101-61-90(59-99(73-97)114(101)122)50-42-82-27-11-2-12-28-82/h1-40,57-72,121-128H,41-56,73-80H2. The van der Waals surface area contributed by atoms with Gasteiger partial charge in [-0.25, -0.2) is 0 Å². The fourth-order valence-electron chi connectivity index (χ4n) is 19.1. The molecule has 0 fully saturated rings. The summed E-state index contributed by atoms with van der Waals surface area (Å²) in [4.78, 5) is 0. The first-order valence-electron chi connectivity index (χ1n) is 45.6. The summed E-state index contributed by atoms with van der Waals surface area (Å²) in [6.45, 7) is 0. The molecule has 16 aromatic rings. The lowest BCUT2D eigenvalue weighted by molar-refractivity contribution is 0.451. The van der Waals surface area contributed by atoms with Crippen LogP contribution in [0.2, 0.25) is 0 Å². The van der Waals surface area contributed by atoms with Crippen molar-refractivity contribution in [3.8, 4) is 46.0 Å². The maximum atomic E-state index is 13.3. The fourth-order valence-corrected chi connectivity index (χ4v) is 19.1. The van der Waals surface area contributed by atoms with Crippen molar-refractivity contribution in [3.05, 3.63) is 518 Å². The van der Waals surface area contributed by atoms with Gasteiger partial charge in [0.2, 0.25) is 0 Å². The van der Waals surface area contributed by atoms with Crippen LogP contribution in [0.25, 0.3) is 0 Å². The summed E-state index contributed by atoms with van der Waals surface area (Å²) >= 11 is 0. The average molecular weight is 1680 g/mol. The molecule has 128 heavy (non-hydrogen) atoms. The molecule has 0 spiro atoms. The van der Waals surface area contributed by atoms with Crippen molar-refractivity contribution in [3.63, 3.8) is 0 Å². The first-order chi connectivity index (χ1) is 62.6. The van der Waals surface area contributed by atoms with Crippen LogP contribution in [0, 0.1) is 0 Å². The van der Waals surface area contributed by atoms with Crippen molar-refractivity contribution in [1.82, 2.24) is 0 Å². The van der Waals surface area contributed by atoms with Gasteiger partial charge in [0.15, 0.2) is 0 Å². The monoisotopic (exact) mass is 1680 g/mol. The zero-order valence-electron chi connectivity index (χ0n) is 72.9. The number of hydrogen-bond acceptors (Lipinski definition) is 8. The normalized spacial score (nSPS) is 12.2. The average Bonchev–Trinajstić information content (AvgIpc) is 0.787. The smallest absolute Gasteiger partial charge is 0.122 e. The maximum absolute atomic E-state index is 13.3. The number of fused-ring (bicyclic) bond motifs is 16. The molecule has 0 amide bonds. The highest BCUT2D eigenvalue weighted by Gasteiger charge is 2.27. The van der Waals surface area contributed by atoms with E-state index in [1.54, 1.807) is 0 Å². The Labute approximate surface area is 753 Å². The summed E-state index contributed by atoms with van der Waals surface area (Å²) in [5.41, 5.74) is 27.1. The summed E-state index contributed by atoms with van der Waals surface area (Å²) in [7, 11) is 0. The minimum Gasteiger partial charge on any atom is -0.507 e. The second kappa shape index (κ2) is 40.9. The molecule has 1 aliphatic rings. The molecule has 0 saturated carbocycles. The highest BCUT2D eigenvalue weighted by Crippen LogP contribution is 2.44. The number of benzene rings is 16. The molecular weight excluding hydrogens is 1570 g/mol. The predicted octanol–water partition coefficient (Wildman–Crippen LogP) is 24.7. The Bertz CT molecular complexity index is 5120. The van der Waals surface area contributed by atoms with Crippen molar-refractivity contribution >= 4 is 0 Å². The molecule has 0 atom stereocenters. The zero-order valence-corrected chi connectivity index (χ0v) is 72.9. The van der Waals surface area contributed by atoms with Gasteiger partial charge in [0, 0.05) is 51.4 Å². The van der Waals surface area contributed by atoms with Gasteiger partial charge >= 0.3 is 0 Å². The van der Waals surface area contributed by atoms with Gasteiger partial charge in [0.1, 0.15) is 46.0 Å². The molecule has 17 rings (SSSR count). The second-order valence-electron chi connectivity index (χ2n) is 35.4. The third kappa shape index (κ3) is 22.0. The molecule has 1 aliphatic carbocycles. The summed E-state index contributed by atoms with van der Waals surface area (Å²) in [5.74, 6) is 0.497.